The van der Waals surface area contributed by atoms with E-state index in [2.05, 4.69) is 50.0 Å². The van der Waals surface area contributed by atoms with Crippen molar-refractivity contribution in [3.63, 3.8) is 0 Å². The average Bonchev–Trinajstić information content (AvgIpc) is 2.99. The molecule has 2 aliphatic rings. The van der Waals surface area contributed by atoms with Crippen LogP contribution in [0.2, 0.25) is 0 Å². The minimum absolute atomic E-state index is 0.324. The summed E-state index contributed by atoms with van der Waals surface area (Å²) >= 11 is 0. The summed E-state index contributed by atoms with van der Waals surface area (Å²) < 4.78 is 0. The van der Waals surface area contributed by atoms with Gasteiger partial charge in [0.15, 0.2) is 0 Å². The van der Waals surface area contributed by atoms with Crippen molar-refractivity contribution in [1.82, 2.24) is 0 Å². The van der Waals surface area contributed by atoms with Gasteiger partial charge in [0, 0.05) is 5.41 Å². The number of hydrogen-bond donors (Lipinski definition) is 0. The average molecular weight is 198 g/mol. The lowest BCUT2D eigenvalue weighted by molar-refractivity contribution is 0.740. The number of hydrogen-bond acceptors (Lipinski definition) is 0. The molecule has 15 heavy (non-hydrogen) atoms. The minimum atomic E-state index is 0.324. The van der Waals surface area contributed by atoms with E-state index in [1.165, 1.54) is 12.0 Å². The first-order chi connectivity index (χ1) is 7.33. The highest BCUT2D eigenvalue weighted by atomic mass is 14.6. The maximum Gasteiger partial charge on any atom is 0.0201 e. The second kappa shape index (κ2) is 4.06. The summed E-state index contributed by atoms with van der Waals surface area (Å²) in [7, 11) is 0. The molecule has 0 saturated heterocycles. The van der Waals surface area contributed by atoms with Crippen LogP contribution in [0, 0.1) is 11.3 Å². The molecule has 0 heterocycles. The van der Waals surface area contributed by atoms with Crippen LogP contribution in [0.4, 0.5) is 0 Å². The first kappa shape index (κ1) is 10.2. The van der Waals surface area contributed by atoms with Gasteiger partial charge in [-0.15, -0.1) is 0 Å². The normalized spacial score (nSPS) is 33.1. The van der Waals surface area contributed by atoms with Crippen LogP contribution in [-0.4, -0.2) is 0 Å². The number of fused-ring (bicyclic) bond motifs is 1. The molecule has 0 aromatic rings. The molecule has 0 N–H and O–H groups in total. The van der Waals surface area contributed by atoms with E-state index < -0.39 is 0 Å². The molecule has 0 bridgehead atoms. The molecule has 0 radical (unpaired) electrons. The van der Waals surface area contributed by atoms with E-state index in [1.54, 1.807) is 0 Å². The molecule has 0 amide bonds. The van der Waals surface area contributed by atoms with E-state index in [9.17, 15) is 0 Å². The zero-order valence-corrected chi connectivity index (χ0v) is 9.32. The van der Waals surface area contributed by atoms with Crippen molar-refractivity contribution in [2.75, 3.05) is 0 Å². The van der Waals surface area contributed by atoms with Gasteiger partial charge in [-0.2, -0.15) is 0 Å². The van der Waals surface area contributed by atoms with Gasteiger partial charge in [-0.25, -0.2) is 0 Å². The predicted octanol–water partition coefficient (Wildman–Crippen LogP) is 4.20. The molecule has 1 saturated carbocycles. The largest absolute Gasteiger partial charge is 0.0991 e. The highest BCUT2D eigenvalue weighted by Gasteiger charge is 2.52. The van der Waals surface area contributed by atoms with Crippen molar-refractivity contribution in [2.45, 2.75) is 19.8 Å². The molecule has 78 valence electrons. The van der Waals surface area contributed by atoms with Crippen LogP contribution in [-0.2, 0) is 0 Å². The van der Waals surface area contributed by atoms with E-state index in [1.807, 2.05) is 12.2 Å². The van der Waals surface area contributed by atoms with E-state index in [0.29, 0.717) is 5.41 Å². The minimum Gasteiger partial charge on any atom is -0.0991 e. The molecule has 0 aromatic heterocycles. The third kappa shape index (κ3) is 1.77. The zero-order chi connectivity index (χ0) is 10.7. The van der Waals surface area contributed by atoms with E-state index in [0.717, 1.165) is 12.3 Å². The quantitative estimate of drug-likeness (QED) is 0.594. The van der Waals surface area contributed by atoms with E-state index >= 15 is 0 Å². The van der Waals surface area contributed by atoms with Crippen LogP contribution in [0.15, 0.2) is 60.8 Å². The molecule has 0 aromatic carbocycles. The Balaban J connectivity index is 2.24. The van der Waals surface area contributed by atoms with Gasteiger partial charge in [-0.1, -0.05) is 62.1 Å². The second-order valence-electron chi connectivity index (χ2n) is 4.26. The van der Waals surface area contributed by atoms with Gasteiger partial charge in [0.05, 0.1) is 0 Å². The van der Waals surface area contributed by atoms with E-state index in [-0.39, 0.29) is 0 Å². The molecule has 2 aliphatic carbocycles. The zero-order valence-electron chi connectivity index (χ0n) is 9.32. The highest BCUT2D eigenvalue weighted by Crippen LogP contribution is 2.61. The van der Waals surface area contributed by atoms with Crippen molar-refractivity contribution in [2.24, 2.45) is 11.3 Å². The monoisotopic (exact) mass is 198 g/mol. The number of rotatable bonds is 4. The molecular formula is C15H18. The Bertz CT molecular complexity index is 365. The fourth-order valence-electron chi connectivity index (χ4n) is 2.39. The van der Waals surface area contributed by atoms with Gasteiger partial charge < -0.3 is 0 Å². The second-order valence-corrected chi connectivity index (χ2v) is 4.26. The van der Waals surface area contributed by atoms with Crippen LogP contribution in [0.25, 0.3) is 0 Å². The SMILES string of the molecule is C=C/C=C\C(=C/CC)C12C=CC=CC1C2. The van der Waals surface area contributed by atoms with Crippen molar-refractivity contribution >= 4 is 0 Å². The Morgan fingerprint density at radius 2 is 2.40 bits per heavy atom. The molecule has 0 spiro atoms. The van der Waals surface area contributed by atoms with Gasteiger partial charge in [0.2, 0.25) is 0 Å². The first-order valence-corrected chi connectivity index (χ1v) is 5.69. The third-order valence-corrected chi connectivity index (χ3v) is 3.28. The summed E-state index contributed by atoms with van der Waals surface area (Å²) in [4.78, 5) is 0. The molecule has 0 aliphatic heterocycles. The van der Waals surface area contributed by atoms with Crippen molar-refractivity contribution in [3.05, 3.63) is 60.8 Å². The summed E-state index contributed by atoms with van der Waals surface area (Å²) in [6.45, 7) is 5.92. The standard InChI is InChI=1S/C15H18/c1-3-5-9-13(8-4-2)15-11-7-6-10-14(15)12-15/h3,5-11,14H,1,4,12H2,2H3/b9-5-,13-8+. The van der Waals surface area contributed by atoms with Crippen LogP contribution >= 0.6 is 0 Å². The van der Waals surface area contributed by atoms with Gasteiger partial charge in [-0.3, -0.25) is 0 Å². The lowest BCUT2D eigenvalue weighted by Gasteiger charge is -2.15. The van der Waals surface area contributed by atoms with Gasteiger partial charge >= 0.3 is 0 Å². The maximum atomic E-state index is 3.73. The Morgan fingerprint density at radius 1 is 1.53 bits per heavy atom. The van der Waals surface area contributed by atoms with Crippen LogP contribution < -0.4 is 0 Å². The van der Waals surface area contributed by atoms with Crippen LogP contribution in [0.1, 0.15) is 19.8 Å². The van der Waals surface area contributed by atoms with Gasteiger partial charge in [-0.05, 0) is 24.3 Å². The lowest BCUT2D eigenvalue weighted by Crippen LogP contribution is -2.04. The van der Waals surface area contributed by atoms with Crippen molar-refractivity contribution < 1.29 is 0 Å². The third-order valence-electron chi connectivity index (χ3n) is 3.28. The molecular weight excluding hydrogens is 180 g/mol. The topological polar surface area (TPSA) is 0 Å². The Kier molecular flexibility index (Phi) is 2.77. The summed E-state index contributed by atoms with van der Waals surface area (Å²) in [5.74, 6) is 0.731. The molecule has 1 fully saturated rings. The fraction of sp³-hybridized carbons (Fsp3) is 0.333. The fourth-order valence-corrected chi connectivity index (χ4v) is 2.39. The lowest BCUT2D eigenvalue weighted by atomic mass is 9.89. The molecule has 2 unspecified atom stereocenters. The smallest absolute Gasteiger partial charge is 0.0201 e. The Labute approximate surface area is 92.4 Å². The van der Waals surface area contributed by atoms with Crippen molar-refractivity contribution in [3.8, 4) is 0 Å². The molecule has 2 rings (SSSR count). The summed E-state index contributed by atoms with van der Waals surface area (Å²) in [5, 5.41) is 0. The number of allylic oxidation sites excluding steroid dienone is 9. The predicted molar refractivity (Wildman–Crippen MR) is 66.5 cm³/mol. The van der Waals surface area contributed by atoms with E-state index in [4.69, 9.17) is 0 Å². The molecule has 0 nitrogen and oxygen atoms in total. The van der Waals surface area contributed by atoms with Crippen molar-refractivity contribution in [1.29, 1.82) is 0 Å². The van der Waals surface area contributed by atoms with Crippen LogP contribution in [0.3, 0.4) is 0 Å². The summed E-state index contributed by atoms with van der Waals surface area (Å²) in [6, 6.07) is 0. The van der Waals surface area contributed by atoms with Gasteiger partial charge in [0.1, 0.15) is 0 Å². The Hall–Kier alpha value is -1.30. The molecule has 0 heteroatoms. The highest BCUT2D eigenvalue weighted by molar-refractivity contribution is 5.45. The maximum absolute atomic E-state index is 3.73. The van der Waals surface area contributed by atoms with Gasteiger partial charge in [0.25, 0.3) is 0 Å². The Morgan fingerprint density at radius 3 is 3.07 bits per heavy atom. The first-order valence-electron chi connectivity index (χ1n) is 5.69. The summed E-state index contributed by atoms with van der Waals surface area (Å²) in [6.07, 6.45) is 19.8. The van der Waals surface area contributed by atoms with Crippen LogP contribution in [0.5, 0.6) is 0 Å². The summed E-state index contributed by atoms with van der Waals surface area (Å²) in [5.41, 5.74) is 1.78. The molecule has 2 atom stereocenters.